The van der Waals surface area contributed by atoms with Crippen LogP contribution in [-0.2, 0) is 17.8 Å². The predicted octanol–water partition coefficient (Wildman–Crippen LogP) is 2.56. The fraction of sp³-hybridized carbons (Fsp3) is 0.250. The highest BCUT2D eigenvalue weighted by molar-refractivity contribution is 8.26. The Morgan fingerprint density at radius 3 is 2.90 bits per heavy atom. The number of thioether (sulfide) groups is 1. The van der Waals surface area contributed by atoms with Crippen LogP contribution >= 0.6 is 11.8 Å². The molecule has 106 valence electrons. The zero-order valence-electron chi connectivity index (χ0n) is 11.6. The van der Waals surface area contributed by atoms with Crippen molar-refractivity contribution in [1.29, 1.82) is 0 Å². The van der Waals surface area contributed by atoms with Gasteiger partial charge in [-0.1, -0.05) is 18.1 Å². The summed E-state index contributed by atoms with van der Waals surface area (Å²) in [5, 5.41) is 3.45. The van der Waals surface area contributed by atoms with E-state index in [1.54, 1.807) is 0 Å². The van der Waals surface area contributed by atoms with Gasteiger partial charge in [0.15, 0.2) is 0 Å². The summed E-state index contributed by atoms with van der Waals surface area (Å²) >= 11 is 0.757. The minimum Gasteiger partial charge on any atom is -0.336 e. The molecule has 1 aliphatic rings. The highest BCUT2D eigenvalue weighted by Crippen LogP contribution is 2.24. The molecule has 21 heavy (non-hydrogen) atoms. The summed E-state index contributed by atoms with van der Waals surface area (Å²) in [6.07, 6.45) is 2.53. The van der Waals surface area contributed by atoms with E-state index in [0.29, 0.717) is 13.0 Å². The zero-order valence-corrected chi connectivity index (χ0v) is 12.4. The van der Waals surface area contributed by atoms with Crippen LogP contribution in [0.5, 0.6) is 0 Å². The molecular formula is C16H14N2O2S. The van der Waals surface area contributed by atoms with Crippen molar-refractivity contribution in [2.24, 2.45) is 0 Å². The minimum atomic E-state index is -0.424. The summed E-state index contributed by atoms with van der Waals surface area (Å²) < 4.78 is 2.08. The van der Waals surface area contributed by atoms with E-state index in [1.165, 1.54) is 0 Å². The van der Waals surface area contributed by atoms with Crippen LogP contribution < -0.4 is 5.32 Å². The average molecular weight is 298 g/mol. The lowest BCUT2D eigenvalue weighted by Gasteiger charge is -2.09. The number of hydrogen-bond acceptors (Lipinski definition) is 3. The van der Waals surface area contributed by atoms with E-state index in [0.717, 1.165) is 28.2 Å². The third-order valence-electron chi connectivity index (χ3n) is 3.52. The summed E-state index contributed by atoms with van der Waals surface area (Å²) in [6.45, 7) is 2.47. The molecule has 1 amide bonds. The van der Waals surface area contributed by atoms with E-state index in [2.05, 4.69) is 21.7 Å². The largest absolute Gasteiger partial charge is 0.336 e. The highest BCUT2D eigenvalue weighted by Gasteiger charge is 2.31. The van der Waals surface area contributed by atoms with Crippen molar-refractivity contribution in [2.75, 3.05) is 0 Å². The van der Waals surface area contributed by atoms with E-state index < -0.39 is 6.04 Å². The lowest BCUT2D eigenvalue weighted by atomic mass is 10.0. The van der Waals surface area contributed by atoms with Crippen molar-refractivity contribution >= 4 is 33.0 Å². The number of nitrogens with one attached hydrogen (secondary N) is 1. The van der Waals surface area contributed by atoms with Crippen LogP contribution in [0, 0.1) is 11.8 Å². The Balaban J connectivity index is 1.92. The molecule has 1 N–H and O–H groups in total. The third kappa shape index (κ3) is 2.67. The van der Waals surface area contributed by atoms with E-state index in [-0.39, 0.29) is 10.4 Å². The first kappa shape index (κ1) is 13.8. The normalized spacial score (nSPS) is 17.7. The first-order valence-electron chi connectivity index (χ1n) is 6.67. The molecule has 0 aliphatic carbocycles. The first-order valence-corrected chi connectivity index (χ1v) is 7.49. The maximum Gasteiger partial charge on any atom is 0.287 e. The van der Waals surface area contributed by atoms with Gasteiger partial charge in [-0.3, -0.25) is 9.59 Å². The predicted molar refractivity (Wildman–Crippen MR) is 84.0 cm³/mol. The van der Waals surface area contributed by atoms with Crippen LogP contribution in [0.4, 0.5) is 4.79 Å². The van der Waals surface area contributed by atoms with Gasteiger partial charge in [0.25, 0.3) is 5.24 Å². The standard InChI is InChI=1S/C16H14N2O2S/c1-2-3-8-18-9-7-12-11(5-4-6-14(12)18)10-13-15(19)21-16(20)17-13/h4-7,9,13H,8,10H2,1H3,(H,17,20). The molecule has 0 bridgehead atoms. The van der Waals surface area contributed by atoms with Gasteiger partial charge in [0.05, 0.1) is 6.54 Å². The van der Waals surface area contributed by atoms with Crippen LogP contribution in [0.3, 0.4) is 0 Å². The summed E-state index contributed by atoms with van der Waals surface area (Å²) in [6, 6.07) is 7.63. The van der Waals surface area contributed by atoms with Gasteiger partial charge in [0.1, 0.15) is 6.04 Å². The fourth-order valence-electron chi connectivity index (χ4n) is 2.51. The third-order valence-corrected chi connectivity index (χ3v) is 4.31. The van der Waals surface area contributed by atoms with Gasteiger partial charge in [-0.05, 0) is 24.6 Å². The number of aromatic nitrogens is 1. The molecule has 3 rings (SSSR count). The number of rotatable bonds is 3. The molecule has 1 aromatic heterocycles. The Bertz CT molecular complexity index is 782. The molecule has 1 aliphatic heterocycles. The van der Waals surface area contributed by atoms with Crippen molar-refractivity contribution in [3.8, 4) is 11.8 Å². The van der Waals surface area contributed by atoms with Crippen LogP contribution in [0.25, 0.3) is 10.9 Å². The number of nitrogens with zero attached hydrogens (tertiary/aromatic N) is 1. The second-order valence-corrected chi connectivity index (χ2v) is 5.81. The molecule has 1 aromatic carbocycles. The molecule has 5 heteroatoms. The molecule has 0 radical (unpaired) electrons. The second-order valence-electron chi connectivity index (χ2n) is 4.83. The number of amides is 1. The lowest BCUT2D eigenvalue weighted by molar-refractivity contribution is -0.112. The van der Waals surface area contributed by atoms with E-state index >= 15 is 0 Å². The highest BCUT2D eigenvalue weighted by atomic mass is 32.2. The maximum absolute atomic E-state index is 11.7. The summed E-state index contributed by atoms with van der Waals surface area (Å²) in [5.74, 6) is 5.94. The van der Waals surface area contributed by atoms with Gasteiger partial charge in [0.2, 0.25) is 5.12 Å². The van der Waals surface area contributed by atoms with Crippen molar-refractivity contribution in [1.82, 2.24) is 9.88 Å². The van der Waals surface area contributed by atoms with Crippen molar-refractivity contribution in [3.63, 3.8) is 0 Å². The van der Waals surface area contributed by atoms with Crippen molar-refractivity contribution in [3.05, 3.63) is 36.0 Å². The van der Waals surface area contributed by atoms with Crippen LogP contribution in [0.2, 0.25) is 0 Å². The Hall–Kier alpha value is -2.19. The van der Waals surface area contributed by atoms with Gasteiger partial charge < -0.3 is 9.88 Å². The van der Waals surface area contributed by atoms with Crippen LogP contribution in [-0.4, -0.2) is 21.0 Å². The van der Waals surface area contributed by atoms with Crippen LogP contribution in [0.15, 0.2) is 30.5 Å². The summed E-state index contributed by atoms with van der Waals surface area (Å²) in [7, 11) is 0. The molecule has 0 saturated carbocycles. The fourth-order valence-corrected chi connectivity index (χ4v) is 3.18. The average Bonchev–Trinajstić information content (AvgIpc) is 3.01. The van der Waals surface area contributed by atoms with Crippen LogP contribution in [0.1, 0.15) is 12.5 Å². The van der Waals surface area contributed by atoms with Crippen molar-refractivity contribution < 1.29 is 9.59 Å². The number of carbonyl (C=O) groups excluding carboxylic acids is 2. The molecule has 2 aromatic rings. The summed E-state index contributed by atoms with van der Waals surface area (Å²) in [4.78, 5) is 23.0. The number of benzene rings is 1. The number of hydrogen-bond donors (Lipinski definition) is 1. The van der Waals surface area contributed by atoms with Gasteiger partial charge in [-0.15, -0.1) is 5.92 Å². The Kier molecular flexibility index (Phi) is 3.72. The van der Waals surface area contributed by atoms with Crippen molar-refractivity contribution in [2.45, 2.75) is 25.9 Å². The molecule has 0 spiro atoms. The van der Waals surface area contributed by atoms with Gasteiger partial charge in [-0.25, -0.2) is 0 Å². The second kappa shape index (κ2) is 5.66. The molecule has 1 saturated heterocycles. The van der Waals surface area contributed by atoms with E-state index in [9.17, 15) is 9.59 Å². The Morgan fingerprint density at radius 1 is 1.33 bits per heavy atom. The number of fused-ring (bicyclic) bond motifs is 1. The lowest BCUT2D eigenvalue weighted by Crippen LogP contribution is -2.30. The summed E-state index contributed by atoms with van der Waals surface area (Å²) in [5.41, 5.74) is 2.16. The molecule has 1 unspecified atom stereocenters. The molecule has 1 fully saturated rings. The maximum atomic E-state index is 11.7. The van der Waals surface area contributed by atoms with Gasteiger partial charge >= 0.3 is 0 Å². The zero-order chi connectivity index (χ0) is 14.8. The van der Waals surface area contributed by atoms with E-state index in [1.807, 2.05) is 37.4 Å². The molecule has 4 nitrogen and oxygen atoms in total. The molecule has 2 heterocycles. The Labute approximate surface area is 126 Å². The topological polar surface area (TPSA) is 51.1 Å². The molecule has 1 atom stereocenters. The van der Waals surface area contributed by atoms with E-state index in [4.69, 9.17) is 0 Å². The van der Waals surface area contributed by atoms with Gasteiger partial charge in [0, 0.05) is 35.3 Å². The monoisotopic (exact) mass is 298 g/mol. The minimum absolute atomic E-state index is 0.103. The SMILES string of the molecule is CC#CCn1ccc2c(CC3NC(=O)SC3=O)cccc21. The Morgan fingerprint density at radius 2 is 2.19 bits per heavy atom. The molecular weight excluding hydrogens is 284 g/mol. The number of carbonyl (C=O) groups is 2. The first-order chi connectivity index (χ1) is 10.2. The smallest absolute Gasteiger partial charge is 0.287 e. The van der Waals surface area contributed by atoms with Gasteiger partial charge in [-0.2, -0.15) is 0 Å². The quantitative estimate of drug-likeness (QED) is 0.886.